The lowest BCUT2D eigenvalue weighted by atomic mass is 10.3. The third-order valence-corrected chi connectivity index (χ3v) is 1.34. The Morgan fingerprint density at radius 2 is 2.42 bits per heavy atom. The van der Waals surface area contributed by atoms with E-state index in [1.54, 1.807) is 0 Å². The lowest BCUT2D eigenvalue weighted by Gasteiger charge is -1.91. The number of nitrogens with zero attached hydrogens (tertiary/aromatic N) is 1. The summed E-state index contributed by atoms with van der Waals surface area (Å²) >= 11 is 5.40. The molecule has 0 amide bonds. The highest BCUT2D eigenvalue weighted by Gasteiger charge is 1.99. The van der Waals surface area contributed by atoms with Gasteiger partial charge in [0.25, 0.3) is 0 Å². The number of carbonyl (C=O) groups is 1. The number of aromatic nitrogens is 1. The molecule has 0 radical (unpaired) electrons. The molecule has 0 aromatic carbocycles. The summed E-state index contributed by atoms with van der Waals surface area (Å²) in [5.74, 6) is 3.85. The van der Waals surface area contributed by atoms with Crippen LogP contribution in [0, 0.1) is 17.8 Å². The Morgan fingerprint density at radius 3 is 3.00 bits per heavy atom. The summed E-state index contributed by atoms with van der Waals surface area (Å²) in [6, 6.07) is 1.31. The topological polar surface area (TPSA) is 30.0 Å². The summed E-state index contributed by atoms with van der Waals surface area (Å²) in [5, 5.41) is -0.104. The second-order valence-electron chi connectivity index (χ2n) is 1.88. The summed E-state index contributed by atoms with van der Waals surface area (Å²) in [7, 11) is 0. The lowest BCUT2D eigenvalue weighted by Crippen LogP contribution is -1.85. The van der Waals surface area contributed by atoms with Crippen molar-refractivity contribution >= 4 is 17.9 Å². The van der Waals surface area contributed by atoms with Crippen LogP contribution in [0.25, 0.3) is 0 Å². The molecule has 0 aliphatic rings. The molecule has 1 rings (SSSR count). The van der Waals surface area contributed by atoms with Gasteiger partial charge in [-0.25, -0.2) is 4.98 Å². The zero-order chi connectivity index (χ0) is 8.97. The van der Waals surface area contributed by atoms with Crippen LogP contribution in [0.3, 0.4) is 0 Å². The van der Waals surface area contributed by atoms with Crippen LogP contribution in [-0.4, -0.2) is 11.3 Å². The van der Waals surface area contributed by atoms with E-state index in [-0.39, 0.29) is 5.02 Å². The summed E-state index contributed by atoms with van der Waals surface area (Å²) < 4.78 is 12.5. The van der Waals surface area contributed by atoms with Crippen molar-refractivity contribution in [2.75, 3.05) is 0 Å². The van der Waals surface area contributed by atoms with E-state index < -0.39 is 5.95 Å². The number of pyridine rings is 1. The van der Waals surface area contributed by atoms with Crippen molar-refractivity contribution in [3.05, 3.63) is 28.8 Å². The van der Waals surface area contributed by atoms with E-state index in [1.807, 2.05) is 0 Å². The SMILES string of the molecule is O=CC#Cc1cnc(F)c(Cl)c1. The van der Waals surface area contributed by atoms with Crippen LogP contribution < -0.4 is 0 Å². The van der Waals surface area contributed by atoms with Crippen molar-refractivity contribution in [1.82, 2.24) is 4.98 Å². The first-order valence-electron chi connectivity index (χ1n) is 3.00. The lowest BCUT2D eigenvalue weighted by molar-refractivity contribution is -0.103. The third-order valence-electron chi connectivity index (χ3n) is 1.07. The molecule has 0 fully saturated rings. The average molecular weight is 184 g/mol. The Morgan fingerprint density at radius 1 is 1.67 bits per heavy atom. The highest BCUT2D eigenvalue weighted by molar-refractivity contribution is 6.30. The fourth-order valence-electron chi connectivity index (χ4n) is 0.602. The molecule has 60 valence electrons. The van der Waals surface area contributed by atoms with Gasteiger partial charge in [0.2, 0.25) is 5.95 Å². The van der Waals surface area contributed by atoms with Gasteiger partial charge >= 0.3 is 0 Å². The van der Waals surface area contributed by atoms with Gasteiger partial charge in [0.15, 0.2) is 6.29 Å². The molecule has 0 atom stereocenters. The van der Waals surface area contributed by atoms with E-state index in [9.17, 15) is 9.18 Å². The van der Waals surface area contributed by atoms with Crippen LogP contribution in [0.4, 0.5) is 4.39 Å². The maximum atomic E-state index is 12.5. The predicted molar refractivity (Wildman–Crippen MR) is 42.1 cm³/mol. The monoisotopic (exact) mass is 183 g/mol. The molecule has 0 spiro atoms. The van der Waals surface area contributed by atoms with Gasteiger partial charge in [0.05, 0.1) is 5.02 Å². The molecule has 1 aromatic rings. The fraction of sp³-hybridized carbons (Fsp3) is 0. The molecule has 0 aliphatic carbocycles. The molecule has 0 bridgehead atoms. The Labute approximate surface area is 73.4 Å². The number of hydrogen-bond donors (Lipinski definition) is 0. The number of aldehydes is 1. The summed E-state index contributed by atoms with van der Waals surface area (Å²) in [4.78, 5) is 13.1. The normalized spacial score (nSPS) is 8.50. The summed E-state index contributed by atoms with van der Waals surface area (Å²) in [6.07, 6.45) is 1.65. The van der Waals surface area contributed by atoms with E-state index in [0.717, 1.165) is 0 Å². The van der Waals surface area contributed by atoms with Gasteiger partial charge in [-0.05, 0) is 12.0 Å². The van der Waals surface area contributed by atoms with Gasteiger partial charge in [-0.2, -0.15) is 4.39 Å². The number of carbonyl (C=O) groups excluding carboxylic acids is 1. The first kappa shape index (κ1) is 8.69. The van der Waals surface area contributed by atoms with E-state index >= 15 is 0 Å². The van der Waals surface area contributed by atoms with Crippen LogP contribution >= 0.6 is 11.6 Å². The van der Waals surface area contributed by atoms with E-state index in [2.05, 4.69) is 16.8 Å². The Bertz CT molecular complexity index is 367. The summed E-state index contributed by atoms with van der Waals surface area (Å²) in [6.45, 7) is 0. The predicted octanol–water partition coefficient (Wildman–Crippen LogP) is 1.42. The Kier molecular flexibility index (Phi) is 2.78. The Hall–Kier alpha value is -1.40. The van der Waals surface area contributed by atoms with Crippen molar-refractivity contribution in [3.63, 3.8) is 0 Å². The van der Waals surface area contributed by atoms with Crippen molar-refractivity contribution in [2.45, 2.75) is 0 Å². The molecular weight excluding hydrogens is 181 g/mol. The van der Waals surface area contributed by atoms with Crippen LogP contribution in [0.1, 0.15) is 5.56 Å². The zero-order valence-corrected chi connectivity index (χ0v) is 6.60. The van der Waals surface area contributed by atoms with Gasteiger partial charge in [-0.3, -0.25) is 4.79 Å². The molecular formula is C8H3ClFNO. The van der Waals surface area contributed by atoms with Gasteiger partial charge < -0.3 is 0 Å². The van der Waals surface area contributed by atoms with Crippen LogP contribution in [0.5, 0.6) is 0 Å². The van der Waals surface area contributed by atoms with Crippen LogP contribution in [0.15, 0.2) is 12.3 Å². The van der Waals surface area contributed by atoms with Gasteiger partial charge in [-0.1, -0.05) is 17.5 Å². The zero-order valence-electron chi connectivity index (χ0n) is 5.84. The molecule has 0 N–H and O–H groups in total. The first-order valence-corrected chi connectivity index (χ1v) is 3.38. The highest BCUT2D eigenvalue weighted by Crippen LogP contribution is 2.12. The van der Waals surface area contributed by atoms with Crippen LogP contribution in [-0.2, 0) is 4.79 Å². The van der Waals surface area contributed by atoms with Crippen molar-refractivity contribution < 1.29 is 9.18 Å². The van der Waals surface area contributed by atoms with Gasteiger partial charge in [-0.15, -0.1) is 0 Å². The number of hydrogen-bond acceptors (Lipinski definition) is 2. The first-order chi connectivity index (χ1) is 5.74. The average Bonchev–Trinajstić information content (AvgIpc) is 2.07. The second kappa shape index (κ2) is 3.84. The third kappa shape index (κ3) is 2.04. The van der Waals surface area contributed by atoms with Gasteiger partial charge in [0.1, 0.15) is 0 Å². The second-order valence-corrected chi connectivity index (χ2v) is 2.29. The largest absolute Gasteiger partial charge is 0.289 e. The maximum Gasteiger partial charge on any atom is 0.231 e. The van der Waals surface area contributed by atoms with Crippen molar-refractivity contribution in [3.8, 4) is 11.8 Å². The minimum absolute atomic E-state index is 0.104. The van der Waals surface area contributed by atoms with Crippen LogP contribution in [0.2, 0.25) is 5.02 Å². The number of halogens is 2. The smallest absolute Gasteiger partial charge is 0.231 e. The molecule has 0 aliphatic heterocycles. The maximum absolute atomic E-state index is 12.5. The molecule has 0 saturated heterocycles. The molecule has 12 heavy (non-hydrogen) atoms. The fourth-order valence-corrected chi connectivity index (χ4v) is 0.769. The highest BCUT2D eigenvalue weighted by atomic mass is 35.5. The van der Waals surface area contributed by atoms with Crippen molar-refractivity contribution in [2.24, 2.45) is 0 Å². The number of rotatable bonds is 0. The molecule has 0 saturated carbocycles. The van der Waals surface area contributed by atoms with E-state index in [0.29, 0.717) is 11.8 Å². The van der Waals surface area contributed by atoms with E-state index in [1.165, 1.54) is 12.3 Å². The molecule has 0 unspecified atom stereocenters. The molecule has 1 heterocycles. The summed E-state index contributed by atoms with van der Waals surface area (Å²) in [5.41, 5.74) is 0.411. The standard InChI is InChI=1S/C8H3ClFNO/c9-7-4-6(2-1-3-12)5-11-8(7)10/h3-5H. The van der Waals surface area contributed by atoms with E-state index in [4.69, 9.17) is 11.6 Å². The minimum Gasteiger partial charge on any atom is -0.289 e. The Balaban J connectivity index is 3.04. The van der Waals surface area contributed by atoms with Gasteiger partial charge in [0, 0.05) is 11.8 Å². The molecule has 4 heteroatoms. The molecule has 2 nitrogen and oxygen atoms in total. The van der Waals surface area contributed by atoms with Crippen molar-refractivity contribution in [1.29, 1.82) is 0 Å². The minimum atomic E-state index is -0.742. The quantitative estimate of drug-likeness (QED) is 0.346. The molecule has 1 aromatic heterocycles.